The zero-order chi connectivity index (χ0) is 15.6. The zero-order valence-corrected chi connectivity index (χ0v) is 13.4. The van der Waals surface area contributed by atoms with Crippen molar-refractivity contribution in [1.82, 2.24) is 5.32 Å². The van der Waals surface area contributed by atoms with Crippen LogP contribution >= 0.6 is 11.6 Å². The van der Waals surface area contributed by atoms with Gasteiger partial charge in [-0.05, 0) is 38.0 Å². The average molecular weight is 309 g/mol. The van der Waals surface area contributed by atoms with Crippen LogP contribution in [-0.2, 0) is 9.59 Å². The van der Waals surface area contributed by atoms with Gasteiger partial charge in [0.15, 0.2) is 0 Å². The topological polar surface area (TPSA) is 49.4 Å². The summed E-state index contributed by atoms with van der Waals surface area (Å²) in [4.78, 5) is 25.9. The molecule has 2 amide bonds. The van der Waals surface area contributed by atoms with E-state index in [4.69, 9.17) is 11.6 Å². The van der Waals surface area contributed by atoms with Crippen LogP contribution in [0.3, 0.4) is 0 Å². The van der Waals surface area contributed by atoms with E-state index in [-0.39, 0.29) is 30.2 Å². The molecule has 0 bridgehead atoms. The smallest absolute Gasteiger partial charge is 0.227 e. The first-order valence-electron chi connectivity index (χ1n) is 7.29. The summed E-state index contributed by atoms with van der Waals surface area (Å²) in [5.74, 6) is -0.357. The molecule has 0 radical (unpaired) electrons. The Balaban J connectivity index is 2.09. The van der Waals surface area contributed by atoms with E-state index in [9.17, 15) is 9.59 Å². The van der Waals surface area contributed by atoms with Crippen LogP contribution in [0.5, 0.6) is 0 Å². The van der Waals surface area contributed by atoms with Gasteiger partial charge in [-0.15, -0.1) is 0 Å². The number of hydrogen-bond acceptors (Lipinski definition) is 2. The van der Waals surface area contributed by atoms with Gasteiger partial charge in [0.1, 0.15) is 0 Å². The number of carbonyl (C=O) groups is 2. The molecule has 0 aromatic heterocycles. The summed E-state index contributed by atoms with van der Waals surface area (Å²) < 4.78 is 0. The maximum absolute atomic E-state index is 12.1. The number of carbonyl (C=O) groups excluding carboxylic acids is 2. The molecule has 1 heterocycles. The first kappa shape index (κ1) is 15.8. The monoisotopic (exact) mass is 308 g/mol. The number of anilines is 1. The highest BCUT2D eigenvalue weighted by Gasteiger charge is 2.35. The van der Waals surface area contributed by atoms with E-state index in [1.165, 1.54) is 0 Å². The molecule has 21 heavy (non-hydrogen) atoms. The second kappa shape index (κ2) is 6.48. The summed E-state index contributed by atoms with van der Waals surface area (Å²) in [6.45, 7) is 6.32. The highest BCUT2D eigenvalue weighted by molar-refractivity contribution is 6.31. The van der Waals surface area contributed by atoms with E-state index in [1.807, 2.05) is 32.9 Å². The number of hydrogen-bond donors (Lipinski definition) is 1. The van der Waals surface area contributed by atoms with Crippen molar-refractivity contribution in [1.29, 1.82) is 0 Å². The molecule has 1 aliphatic heterocycles. The van der Waals surface area contributed by atoms with Gasteiger partial charge in [0.05, 0.1) is 5.92 Å². The van der Waals surface area contributed by atoms with Crippen molar-refractivity contribution >= 4 is 29.1 Å². The van der Waals surface area contributed by atoms with Crippen molar-refractivity contribution in [2.75, 3.05) is 11.4 Å². The van der Waals surface area contributed by atoms with Crippen LogP contribution in [0.4, 0.5) is 5.69 Å². The number of rotatable bonds is 4. The van der Waals surface area contributed by atoms with Gasteiger partial charge in [-0.2, -0.15) is 0 Å². The number of halogens is 1. The molecule has 0 spiro atoms. The Labute approximate surface area is 130 Å². The van der Waals surface area contributed by atoms with Gasteiger partial charge in [0, 0.05) is 29.7 Å². The summed E-state index contributed by atoms with van der Waals surface area (Å²) in [5, 5.41) is 3.57. The summed E-state index contributed by atoms with van der Waals surface area (Å²) in [6.07, 6.45) is 1.14. The van der Waals surface area contributed by atoms with Crippen molar-refractivity contribution in [2.24, 2.45) is 5.92 Å². The highest BCUT2D eigenvalue weighted by atomic mass is 35.5. The Hall–Kier alpha value is -1.55. The lowest BCUT2D eigenvalue weighted by molar-refractivity contribution is -0.126. The predicted molar refractivity (Wildman–Crippen MR) is 84.5 cm³/mol. The number of aryl methyl sites for hydroxylation is 1. The average Bonchev–Trinajstić information content (AvgIpc) is 2.84. The van der Waals surface area contributed by atoms with E-state index in [0.717, 1.165) is 17.7 Å². The van der Waals surface area contributed by atoms with Crippen molar-refractivity contribution < 1.29 is 9.59 Å². The summed E-state index contributed by atoms with van der Waals surface area (Å²) in [6, 6.07) is 5.67. The first-order chi connectivity index (χ1) is 9.92. The normalized spacial score (nSPS) is 19.7. The molecular formula is C16H21ClN2O2. The van der Waals surface area contributed by atoms with Gasteiger partial charge < -0.3 is 10.2 Å². The molecule has 4 nitrogen and oxygen atoms in total. The Morgan fingerprint density at radius 1 is 1.52 bits per heavy atom. The third-order valence-corrected chi connectivity index (χ3v) is 4.37. The number of nitrogens with one attached hydrogen (secondary N) is 1. The van der Waals surface area contributed by atoms with E-state index in [1.54, 1.807) is 11.0 Å². The lowest BCUT2D eigenvalue weighted by Gasteiger charge is -2.18. The second-order valence-corrected chi connectivity index (χ2v) is 6.06. The first-order valence-corrected chi connectivity index (χ1v) is 7.67. The molecule has 0 aliphatic carbocycles. The van der Waals surface area contributed by atoms with Gasteiger partial charge in [-0.3, -0.25) is 9.59 Å². The number of amides is 2. The molecule has 2 atom stereocenters. The molecular weight excluding hydrogens is 288 g/mol. The zero-order valence-electron chi connectivity index (χ0n) is 12.6. The van der Waals surface area contributed by atoms with Crippen molar-refractivity contribution in [3.8, 4) is 0 Å². The maximum Gasteiger partial charge on any atom is 0.227 e. The van der Waals surface area contributed by atoms with Crippen molar-refractivity contribution in [2.45, 2.75) is 39.7 Å². The van der Waals surface area contributed by atoms with Gasteiger partial charge >= 0.3 is 0 Å². The van der Waals surface area contributed by atoms with Crippen LogP contribution in [0.2, 0.25) is 5.02 Å². The van der Waals surface area contributed by atoms with Gasteiger partial charge in [-0.1, -0.05) is 24.6 Å². The maximum atomic E-state index is 12.1. The molecule has 114 valence electrons. The number of nitrogens with zero attached hydrogens (tertiary/aromatic N) is 1. The molecule has 5 heteroatoms. The fourth-order valence-electron chi connectivity index (χ4n) is 2.35. The van der Waals surface area contributed by atoms with Crippen LogP contribution in [0.25, 0.3) is 0 Å². The Kier molecular flexibility index (Phi) is 4.88. The summed E-state index contributed by atoms with van der Waals surface area (Å²) in [5.41, 5.74) is 1.73. The third kappa shape index (κ3) is 3.56. The molecule has 1 aromatic carbocycles. The summed E-state index contributed by atoms with van der Waals surface area (Å²) in [7, 11) is 0. The highest BCUT2D eigenvalue weighted by Crippen LogP contribution is 2.28. The minimum atomic E-state index is -0.286. The predicted octanol–water partition coefficient (Wildman–Crippen LogP) is 2.92. The van der Waals surface area contributed by atoms with Crippen LogP contribution in [0, 0.1) is 12.8 Å². The largest absolute Gasteiger partial charge is 0.353 e. The molecule has 2 rings (SSSR count). The lowest BCUT2D eigenvalue weighted by atomic mass is 10.1. The molecule has 0 saturated carbocycles. The molecule has 1 saturated heterocycles. The Morgan fingerprint density at radius 3 is 2.86 bits per heavy atom. The van der Waals surface area contributed by atoms with E-state index in [2.05, 4.69) is 5.32 Å². The van der Waals surface area contributed by atoms with Crippen molar-refractivity contribution in [3.05, 3.63) is 28.8 Å². The van der Waals surface area contributed by atoms with Gasteiger partial charge in [0.2, 0.25) is 11.8 Å². The third-order valence-electron chi connectivity index (χ3n) is 3.96. The quantitative estimate of drug-likeness (QED) is 0.929. The van der Waals surface area contributed by atoms with Crippen molar-refractivity contribution in [3.63, 3.8) is 0 Å². The Morgan fingerprint density at radius 2 is 2.24 bits per heavy atom. The second-order valence-electron chi connectivity index (χ2n) is 5.66. The molecule has 0 unspecified atom stereocenters. The minimum Gasteiger partial charge on any atom is -0.353 e. The fourth-order valence-corrected chi connectivity index (χ4v) is 2.52. The minimum absolute atomic E-state index is 0.0285. The van der Waals surface area contributed by atoms with Crippen LogP contribution in [0.15, 0.2) is 18.2 Å². The fraction of sp³-hybridized carbons (Fsp3) is 0.500. The Bertz CT molecular complexity index is 559. The van der Waals surface area contributed by atoms with E-state index in [0.29, 0.717) is 11.6 Å². The van der Waals surface area contributed by atoms with Crippen LogP contribution in [-0.4, -0.2) is 24.4 Å². The lowest BCUT2D eigenvalue weighted by Crippen LogP contribution is -2.38. The molecule has 1 fully saturated rings. The molecule has 1 aliphatic rings. The van der Waals surface area contributed by atoms with Gasteiger partial charge in [0.25, 0.3) is 0 Å². The molecule has 1 N–H and O–H groups in total. The van der Waals surface area contributed by atoms with Crippen LogP contribution < -0.4 is 10.2 Å². The van der Waals surface area contributed by atoms with E-state index >= 15 is 0 Å². The van der Waals surface area contributed by atoms with Gasteiger partial charge in [-0.25, -0.2) is 0 Å². The van der Waals surface area contributed by atoms with E-state index < -0.39 is 0 Å². The SMILES string of the molecule is CC[C@@H](C)NC(=O)[C@H]1CC(=O)N(c2ccc(C)c(Cl)c2)C1. The molecule has 1 aromatic rings. The summed E-state index contributed by atoms with van der Waals surface area (Å²) >= 11 is 6.11. The number of benzene rings is 1. The standard InChI is InChI=1S/C16H21ClN2O2/c1-4-11(3)18-16(21)12-7-15(20)19(9-12)13-6-5-10(2)14(17)8-13/h5-6,8,11-12H,4,7,9H2,1-3H3,(H,18,21)/t11-,12+/m1/s1. The van der Waals surface area contributed by atoms with Crippen LogP contribution in [0.1, 0.15) is 32.3 Å².